The fourth-order valence-corrected chi connectivity index (χ4v) is 10.8. The number of rotatable bonds is 27. The van der Waals surface area contributed by atoms with Gasteiger partial charge in [0.15, 0.2) is 0 Å². The van der Waals surface area contributed by atoms with E-state index in [1.54, 1.807) is 27.9 Å². The van der Waals surface area contributed by atoms with E-state index < -0.39 is 72.0 Å². The minimum absolute atomic E-state index is 0.0434. The Kier molecular flexibility index (Phi) is 23.2. The first kappa shape index (κ1) is 58.5. The van der Waals surface area contributed by atoms with Crippen molar-refractivity contribution in [3.05, 3.63) is 144 Å². The van der Waals surface area contributed by atoms with Crippen LogP contribution in [0.25, 0.3) is 0 Å². The van der Waals surface area contributed by atoms with Gasteiger partial charge in [-0.15, -0.1) is 23.5 Å². The van der Waals surface area contributed by atoms with Gasteiger partial charge in [-0.2, -0.15) is 0 Å². The largest absolute Gasteiger partial charge is 0.354 e. The molecule has 20 heteroatoms. The molecule has 6 atom stereocenters. The van der Waals surface area contributed by atoms with Crippen LogP contribution < -0.4 is 42.5 Å². The zero-order valence-corrected chi connectivity index (χ0v) is 45.3. The summed E-state index contributed by atoms with van der Waals surface area (Å²) in [5.74, 6) is -2.89. The van der Waals surface area contributed by atoms with Gasteiger partial charge in [-0.05, 0) is 75.9 Å². The second-order valence-electron chi connectivity index (χ2n) is 18.8. The SMILES string of the molecule is CN[C@@H](C)C(=O)N[C@@H](CSCC(=O)NCCNC(=O)CSC[C@H](NC(=O)[C@H](C)NC)C(=O)N1CCC[C@H]1C(=O)NC(c1ccccc1)c1ccccc1)C(=O)N1CCC[C@H]1C(=O)NC(c1ccccc1)c1ccccc1. The Morgan fingerprint density at radius 1 is 0.487 bits per heavy atom. The fourth-order valence-electron chi connectivity index (χ4n) is 9.03. The van der Waals surface area contributed by atoms with Crippen LogP contribution in [0, 0.1) is 0 Å². The molecule has 2 heterocycles. The van der Waals surface area contributed by atoms with Gasteiger partial charge in [-0.1, -0.05) is 121 Å². The Labute approximate surface area is 454 Å². The van der Waals surface area contributed by atoms with Crippen molar-refractivity contribution in [1.29, 1.82) is 0 Å². The molecule has 0 bridgehead atoms. The zero-order chi connectivity index (χ0) is 54.4. The summed E-state index contributed by atoms with van der Waals surface area (Å²) < 4.78 is 0. The average molecular weight is 1080 g/mol. The predicted molar refractivity (Wildman–Crippen MR) is 297 cm³/mol. The highest BCUT2D eigenvalue weighted by Gasteiger charge is 2.40. The van der Waals surface area contributed by atoms with Gasteiger partial charge in [0.25, 0.3) is 0 Å². The van der Waals surface area contributed by atoms with Crippen LogP contribution in [0.2, 0.25) is 0 Å². The highest BCUT2D eigenvalue weighted by molar-refractivity contribution is 8.00. The third-order valence-corrected chi connectivity index (χ3v) is 15.5. The smallest absolute Gasteiger partial charge is 0.246 e. The third-order valence-electron chi connectivity index (χ3n) is 13.5. The molecular weight excluding hydrogens is 1000 g/mol. The first-order valence-electron chi connectivity index (χ1n) is 25.8. The number of amides is 8. The van der Waals surface area contributed by atoms with Crippen molar-refractivity contribution < 1.29 is 38.4 Å². The van der Waals surface area contributed by atoms with E-state index in [0.29, 0.717) is 38.8 Å². The van der Waals surface area contributed by atoms with E-state index >= 15 is 0 Å². The molecule has 2 aliphatic heterocycles. The maximum atomic E-state index is 14.2. The van der Waals surface area contributed by atoms with Gasteiger partial charge in [0.1, 0.15) is 24.2 Å². The quantitative estimate of drug-likeness (QED) is 0.0403. The molecule has 0 unspecified atom stereocenters. The summed E-state index contributed by atoms with van der Waals surface area (Å²) in [6.45, 7) is 4.22. The monoisotopic (exact) mass is 1080 g/mol. The van der Waals surface area contributed by atoms with Gasteiger partial charge >= 0.3 is 0 Å². The fraction of sp³-hybridized carbons (Fsp3) is 0.429. The van der Waals surface area contributed by atoms with Gasteiger partial charge in [0.05, 0.1) is 35.7 Å². The molecule has 2 saturated heterocycles. The Balaban J connectivity index is 0.970. The number of thioether (sulfide) groups is 2. The molecule has 0 aliphatic carbocycles. The maximum absolute atomic E-state index is 14.2. The molecule has 8 N–H and O–H groups in total. The molecule has 2 aliphatic rings. The van der Waals surface area contributed by atoms with Crippen molar-refractivity contribution in [3.8, 4) is 0 Å². The lowest BCUT2D eigenvalue weighted by molar-refractivity contribution is -0.141. The van der Waals surface area contributed by atoms with Crippen LogP contribution in [-0.2, 0) is 38.4 Å². The van der Waals surface area contributed by atoms with Crippen LogP contribution in [0.1, 0.15) is 73.9 Å². The average Bonchev–Trinajstić information content (AvgIpc) is 4.16. The number of hydrogen-bond acceptors (Lipinski definition) is 12. The second kappa shape index (κ2) is 30.1. The molecule has 18 nitrogen and oxygen atoms in total. The molecule has 4 aromatic rings. The molecule has 0 radical (unpaired) electrons. The number of nitrogens with zero attached hydrogens (tertiary/aromatic N) is 2. The summed E-state index contributed by atoms with van der Waals surface area (Å²) in [5, 5.41) is 23.3. The van der Waals surface area contributed by atoms with Crippen molar-refractivity contribution in [2.24, 2.45) is 0 Å². The minimum atomic E-state index is -1.02. The van der Waals surface area contributed by atoms with E-state index in [-0.39, 0.29) is 59.7 Å². The van der Waals surface area contributed by atoms with E-state index in [9.17, 15) is 38.4 Å². The van der Waals surface area contributed by atoms with Crippen molar-refractivity contribution in [2.45, 2.75) is 87.9 Å². The first-order chi connectivity index (χ1) is 36.8. The number of likely N-dealkylation sites (N-methyl/N-ethyl adjacent to an activating group) is 2. The number of carbonyl (C=O) groups is 8. The van der Waals surface area contributed by atoms with Gasteiger partial charge in [0.2, 0.25) is 47.3 Å². The molecule has 0 saturated carbocycles. The topological polar surface area (TPSA) is 239 Å². The second-order valence-corrected chi connectivity index (χ2v) is 20.8. The third kappa shape index (κ3) is 16.9. The molecule has 76 heavy (non-hydrogen) atoms. The van der Waals surface area contributed by atoms with Gasteiger partial charge in [-0.3, -0.25) is 38.4 Å². The summed E-state index contributed by atoms with van der Waals surface area (Å²) >= 11 is 2.32. The number of benzene rings is 4. The van der Waals surface area contributed by atoms with Crippen LogP contribution in [0.5, 0.6) is 0 Å². The summed E-state index contributed by atoms with van der Waals surface area (Å²) in [7, 11) is 3.27. The highest BCUT2D eigenvalue weighted by atomic mass is 32.2. The van der Waals surface area contributed by atoms with Gasteiger partial charge in [-0.25, -0.2) is 0 Å². The molecule has 406 valence electrons. The molecule has 4 aromatic carbocycles. The summed E-state index contributed by atoms with van der Waals surface area (Å²) in [6, 6.07) is 32.8. The number of carbonyl (C=O) groups excluding carboxylic acids is 8. The van der Waals surface area contributed by atoms with Crippen LogP contribution in [0.3, 0.4) is 0 Å². The van der Waals surface area contributed by atoms with Crippen molar-refractivity contribution in [2.75, 3.05) is 63.3 Å². The molecular formula is C56H72N10O8S2. The summed E-state index contributed by atoms with van der Waals surface area (Å²) in [5.41, 5.74) is 3.58. The summed E-state index contributed by atoms with van der Waals surface area (Å²) in [6.07, 6.45) is 2.11. The van der Waals surface area contributed by atoms with E-state index in [1.165, 1.54) is 9.80 Å². The van der Waals surface area contributed by atoms with Crippen LogP contribution in [-0.4, -0.2) is 157 Å². The van der Waals surface area contributed by atoms with Crippen molar-refractivity contribution >= 4 is 70.8 Å². The van der Waals surface area contributed by atoms with Crippen LogP contribution in [0.15, 0.2) is 121 Å². The lowest BCUT2D eigenvalue weighted by Gasteiger charge is -2.30. The standard InChI is InChI=1S/C56H72N10O8S2/c1-37(57-3)51(69)61-43(55(73)65-31-17-27-45(65)53(71)63-49(39-19-9-5-10-20-39)40-21-11-6-12-22-40)33-75-35-47(67)59-29-30-60-48(68)36-76-34-44(62-52(70)38(2)58-4)56(74)66-32-18-28-46(66)54(72)64-50(41-23-13-7-14-24-41)42-25-15-8-16-26-42/h5-16,19-26,37-38,43-46,49-50,57-58H,17-18,27-36H2,1-4H3,(H,59,67)(H,60,68)(H,61,69)(H,62,70)(H,63,71)(H,64,72)/t37-,38-,43-,44-,45-,46-/m0/s1. The maximum Gasteiger partial charge on any atom is 0.246 e. The number of likely N-dealkylation sites (tertiary alicyclic amines) is 2. The number of hydrogen-bond donors (Lipinski definition) is 8. The van der Waals surface area contributed by atoms with Crippen LogP contribution >= 0.6 is 23.5 Å². The number of nitrogens with one attached hydrogen (secondary N) is 8. The predicted octanol–water partition coefficient (Wildman–Crippen LogP) is 2.66. The Hall–Kier alpha value is -6.74. The minimum Gasteiger partial charge on any atom is -0.354 e. The van der Waals surface area contributed by atoms with Gasteiger partial charge < -0.3 is 52.3 Å². The van der Waals surface area contributed by atoms with Crippen molar-refractivity contribution in [1.82, 2.24) is 52.3 Å². The zero-order valence-electron chi connectivity index (χ0n) is 43.6. The van der Waals surface area contributed by atoms with Crippen molar-refractivity contribution in [3.63, 3.8) is 0 Å². The lowest BCUT2D eigenvalue weighted by atomic mass is 9.98. The van der Waals surface area contributed by atoms with E-state index in [1.807, 2.05) is 121 Å². The first-order valence-corrected chi connectivity index (χ1v) is 28.2. The normalized spacial score (nSPS) is 16.8. The molecule has 2 fully saturated rings. The van der Waals surface area contributed by atoms with E-state index in [2.05, 4.69) is 42.5 Å². The molecule has 0 aromatic heterocycles. The lowest BCUT2D eigenvalue weighted by Crippen LogP contribution is -2.56. The van der Waals surface area contributed by atoms with E-state index in [0.717, 1.165) is 45.8 Å². The molecule has 8 amide bonds. The molecule has 6 rings (SSSR count). The highest BCUT2D eigenvalue weighted by Crippen LogP contribution is 2.27. The Morgan fingerprint density at radius 3 is 1.11 bits per heavy atom. The van der Waals surface area contributed by atoms with E-state index in [4.69, 9.17) is 0 Å². The van der Waals surface area contributed by atoms with Crippen LogP contribution in [0.4, 0.5) is 0 Å². The van der Waals surface area contributed by atoms with Gasteiger partial charge in [0, 0.05) is 37.7 Å². The Bertz CT molecular complexity index is 2300. The summed E-state index contributed by atoms with van der Waals surface area (Å²) in [4.78, 5) is 112. The molecule has 0 spiro atoms. The Morgan fingerprint density at radius 2 is 0.803 bits per heavy atom.